The van der Waals surface area contributed by atoms with Gasteiger partial charge in [0.15, 0.2) is 0 Å². The lowest BCUT2D eigenvalue weighted by Gasteiger charge is -2.12. The van der Waals surface area contributed by atoms with Gasteiger partial charge in [-0.25, -0.2) is 4.79 Å². The lowest BCUT2D eigenvalue weighted by Crippen LogP contribution is -2.08. The minimum atomic E-state index is -1.10. The van der Waals surface area contributed by atoms with Gasteiger partial charge in [-0.3, -0.25) is 4.79 Å². The first-order valence-electron chi connectivity index (χ1n) is 6.08. The Morgan fingerprint density at radius 3 is 2.67 bits per heavy atom. The van der Waals surface area contributed by atoms with Gasteiger partial charge in [-0.05, 0) is 18.2 Å². The first-order valence-corrected chi connectivity index (χ1v) is 6.45. The minimum Gasteiger partial charge on any atom is -0.490 e. The lowest BCUT2D eigenvalue weighted by molar-refractivity contribution is -0.131. The molecule has 0 aliphatic carbocycles. The van der Waals surface area contributed by atoms with Crippen LogP contribution in [0.2, 0.25) is 5.02 Å². The van der Waals surface area contributed by atoms with Gasteiger partial charge in [0.2, 0.25) is 5.91 Å². The van der Waals surface area contributed by atoms with Crippen LogP contribution < -0.4 is 10.1 Å². The Kier molecular flexibility index (Phi) is 6.71. The van der Waals surface area contributed by atoms with Crippen molar-refractivity contribution in [3.8, 4) is 5.75 Å². The molecule has 2 N–H and O–H groups in total. The third-order valence-electron chi connectivity index (χ3n) is 2.37. The number of halogens is 1. The molecule has 0 saturated heterocycles. The Balaban J connectivity index is 3.10. The van der Waals surface area contributed by atoms with Crippen molar-refractivity contribution in [2.24, 2.45) is 0 Å². The summed E-state index contributed by atoms with van der Waals surface area (Å²) in [5.41, 5.74) is 0.883. The number of carbonyl (C=O) groups is 2. The molecule has 0 atom stereocenters. The summed E-state index contributed by atoms with van der Waals surface area (Å²) < 4.78 is 10.3. The fourth-order valence-electron chi connectivity index (χ4n) is 1.51. The summed E-state index contributed by atoms with van der Waals surface area (Å²) in [7, 11) is 1.55. The first-order chi connectivity index (χ1) is 9.93. The van der Waals surface area contributed by atoms with Crippen LogP contribution in [-0.2, 0) is 14.3 Å². The van der Waals surface area contributed by atoms with Crippen LogP contribution in [0.5, 0.6) is 5.75 Å². The number of rotatable bonds is 7. The zero-order chi connectivity index (χ0) is 15.8. The van der Waals surface area contributed by atoms with E-state index in [0.29, 0.717) is 35.2 Å². The highest BCUT2D eigenvalue weighted by Crippen LogP contribution is 2.32. The molecule has 0 radical (unpaired) electrons. The number of carboxylic acids is 1. The topological polar surface area (TPSA) is 84.9 Å². The summed E-state index contributed by atoms with van der Waals surface area (Å²) in [4.78, 5) is 21.8. The highest BCUT2D eigenvalue weighted by atomic mass is 35.5. The smallest absolute Gasteiger partial charge is 0.328 e. The fourth-order valence-corrected chi connectivity index (χ4v) is 1.73. The summed E-state index contributed by atoms with van der Waals surface area (Å²) in [6.07, 6.45) is 2.32. The average molecular weight is 314 g/mol. The number of amides is 1. The highest BCUT2D eigenvalue weighted by Gasteiger charge is 2.10. The van der Waals surface area contributed by atoms with Crippen LogP contribution in [0, 0.1) is 0 Å². The van der Waals surface area contributed by atoms with Crippen LogP contribution in [0.4, 0.5) is 5.69 Å². The number of carboxylic acid groups (broad SMARTS) is 1. The van der Waals surface area contributed by atoms with Crippen molar-refractivity contribution in [1.29, 1.82) is 0 Å². The second-order valence-corrected chi connectivity index (χ2v) is 4.47. The zero-order valence-corrected chi connectivity index (χ0v) is 12.4. The monoisotopic (exact) mass is 313 g/mol. The predicted molar refractivity (Wildman–Crippen MR) is 79.8 cm³/mol. The van der Waals surface area contributed by atoms with E-state index in [2.05, 4.69) is 5.32 Å². The molecule has 0 fully saturated rings. The molecule has 1 rings (SSSR count). The Hall–Kier alpha value is -2.05. The molecule has 1 aromatic carbocycles. The molecule has 0 heterocycles. The number of methoxy groups -OCH3 is 1. The van der Waals surface area contributed by atoms with Crippen molar-refractivity contribution in [3.63, 3.8) is 0 Å². The van der Waals surface area contributed by atoms with Crippen LogP contribution in [-0.4, -0.2) is 37.3 Å². The molecule has 21 heavy (non-hydrogen) atoms. The maximum absolute atomic E-state index is 11.2. The number of carbonyl (C=O) groups excluding carboxylic acids is 1. The number of benzene rings is 1. The summed E-state index contributed by atoms with van der Waals surface area (Å²) in [6.45, 7) is 2.05. The highest BCUT2D eigenvalue weighted by molar-refractivity contribution is 6.32. The van der Waals surface area contributed by atoms with Gasteiger partial charge in [0.1, 0.15) is 12.4 Å². The largest absolute Gasteiger partial charge is 0.490 e. The Labute approximate surface area is 127 Å². The van der Waals surface area contributed by atoms with Crippen molar-refractivity contribution in [2.75, 3.05) is 25.6 Å². The maximum atomic E-state index is 11.2. The van der Waals surface area contributed by atoms with E-state index in [-0.39, 0.29) is 5.91 Å². The molecule has 0 aliphatic heterocycles. The standard InChI is InChI=1S/C14H16ClNO5/c1-9(17)16-12-8-11(15)13(21-6-5-20-2)7-10(12)3-4-14(18)19/h3-4,7-8H,5-6H2,1-2H3,(H,16,17)(H,18,19). The molecule has 0 unspecified atom stereocenters. The molecule has 7 heteroatoms. The van der Waals surface area contributed by atoms with E-state index in [1.165, 1.54) is 19.1 Å². The molecule has 0 bridgehead atoms. The van der Waals surface area contributed by atoms with E-state index < -0.39 is 5.97 Å². The normalized spacial score (nSPS) is 10.6. The van der Waals surface area contributed by atoms with Gasteiger partial charge in [-0.1, -0.05) is 11.6 Å². The SMILES string of the molecule is COCCOc1cc(C=CC(=O)O)c(NC(C)=O)cc1Cl. The quantitative estimate of drug-likeness (QED) is 0.596. The van der Waals surface area contributed by atoms with E-state index in [9.17, 15) is 9.59 Å². The van der Waals surface area contributed by atoms with Gasteiger partial charge in [-0.15, -0.1) is 0 Å². The summed E-state index contributed by atoms with van der Waals surface area (Å²) in [5, 5.41) is 11.6. The van der Waals surface area contributed by atoms with Crippen LogP contribution in [0.3, 0.4) is 0 Å². The minimum absolute atomic E-state index is 0.288. The van der Waals surface area contributed by atoms with Crippen molar-refractivity contribution in [2.45, 2.75) is 6.92 Å². The molecule has 1 aromatic rings. The van der Waals surface area contributed by atoms with Crippen molar-refractivity contribution >= 4 is 35.2 Å². The summed E-state index contributed by atoms with van der Waals surface area (Å²) in [6, 6.07) is 3.06. The molecular formula is C14H16ClNO5. The Morgan fingerprint density at radius 2 is 2.10 bits per heavy atom. The van der Waals surface area contributed by atoms with Crippen LogP contribution in [0.15, 0.2) is 18.2 Å². The lowest BCUT2D eigenvalue weighted by atomic mass is 10.1. The molecular weight excluding hydrogens is 298 g/mol. The third kappa shape index (κ3) is 5.85. The Morgan fingerprint density at radius 1 is 1.38 bits per heavy atom. The number of anilines is 1. The van der Waals surface area contributed by atoms with Crippen LogP contribution >= 0.6 is 11.6 Å². The predicted octanol–water partition coefficient (Wildman–Crippen LogP) is 2.42. The molecule has 0 aromatic heterocycles. The second kappa shape index (κ2) is 8.28. The molecule has 6 nitrogen and oxygen atoms in total. The van der Waals surface area contributed by atoms with Crippen LogP contribution in [0.25, 0.3) is 6.08 Å². The Bertz CT molecular complexity index is 557. The van der Waals surface area contributed by atoms with Crippen LogP contribution in [0.1, 0.15) is 12.5 Å². The van der Waals surface area contributed by atoms with Gasteiger partial charge >= 0.3 is 5.97 Å². The first kappa shape index (κ1) is 17.0. The summed E-state index contributed by atoms with van der Waals surface area (Å²) in [5.74, 6) is -1.00. The van der Waals surface area contributed by atoms with Crippen molar-refractivity contribution in [3.05, 3.63) is 28.8 Å². The molecule has 0 aliphatic rings. The van der Waals surface area contributed by atoms with Gasteiger partial charge < -0.3 is 19.9 Å². The van der Waals surface area contributed by atoms with Crippen molar-refractivity contribution in [1.82, 2.24) is 0 Å². The number of ether oxygens (including phenoxy) is 2. The second-order valence-electron chi connectivity index (χ2n) is 4.06. The number of nitrogens with one attached hydrogen (secondary N) is 1. The van der Waals surface area contributed by atoms with E-state index in [1.807, 2.05) is 0 Å². The molecule has 0 saturated carbocycles. The van der Waals surface area contributed by atoms with Crippen molar-refractivity contribution < 1.29 is 24.2 Å². The molecule has 0 spiro atoms. The van der Waals surface area contributed by atoms with Gasteiger partial charge in [0.05, 0.1) is 11.6 Å². The molecule has 1 amide bonds. The van der Waals surface area contributed by atoms with Gasteiger partial charge in [0, 0.05) is 31.4 Å². The maximum Gasteiger partial charge on any atom is 0.328 e. The number of hydrogen-bond acceptors (Lipinski definition) is 4. The summed E-state index contributed by atoms with van der Waals surface area (Å²) >= 11 is 6.07. The number of hydrogen-bond donors (Lipinski definition) is 2. The van der Waals surface area contributed by atoms with Gasteiger partial charge in [0.25, 0.3) is 0 Å². The molecule has 114 valence electrons. The fraction of sp³-hybridized carbons (Fsp3) is 0.286. The van der Waals surface area contributed by atoms with Gasteiger partial charge in [-0.2, -0.15) is 0 Å². The van der Waals surface area contributed by atoms with E-state index >= 15 is 0 Å². The van der Waals surface area contributed by atoms with E-state index in [0.717, 1.165) is 6.08 Å². The zero-order valence-electron chi connectivity index (χ0n) is 11.7. The van der Waals surface area contributed by atoms with E-state index in [1.54, 1.807) is 13.2 Å². The average Bonchev–Trinajstić information content (AvgIpc) is 2.39. The third-order valence-corrected chi connectivity index (χ3v) is 2.66. The number of aliphatic carboxylic acids is 1. The van der Waals surface area contributed by atoms with E-state index in [4.69, 9.17) is 26.2 Å².